The first-order valence-electron chi connectivity index (χ1n) is 4.46. The molecule has 2 heteroatoms. The average molecular weight is 177 g/mol. The summed E-state index contributed by atoms with van der Waals surface area (Å²) in [7, 11) is -1.16. The third kappa shape index (κ3) is 2.28. The molecule has 1 fully saturated rings. The summed E-state index contributed by atoms with van der Waals surface area (Å²) in [5.41, 5.74) is 0. The molecule has 0 N–H and O–H groups in total. The third-order valence-corrected chi connectivity index (χ3v) is 8.04. The van der Waals surface area contributed by atoms with Gasteiger partial charge >= 0.3 is 0 Å². The predicted octanol–water partition coefficient (Wildman–Crippen LogP) is 3.76. The van der Waals surface area contributed by atoms with E-state index in [9.17, 15) is 0 Å². The van der Waals surface area contributed by atoms with Gasteiger partial charge in [0.1, 0.15) is 0 Å². The first-order valence-corrected chi connectivity index (χ1v) is 8.09. The van der Waals surface area contributed by atoms with Crippen molar-refractivity contribution in [3.63, 3.8) is 0 Å². The number of rotatable bonds is 2. The highest BCUT2D eigenvalue weighted by atomic mass is 35.6. The lowest BCUT2D eigenvalue weighted by atomic mass is 10.3. The lowest BCUT2D eigenvalue weighted by molar-refractivity contribution is 0.712. The van der Waals surface area contributed by atoms with Crippen molar-refractivity contribution in [3.05, 3.63) is 0 Å². The van der Waals surface area contributed by atoms with Crippen LogP contribution in [0.15, 0.2) is 0 Å². The van der Waals surface area contributed by atoms with Crippen molar-refractivity contribution < 1.29 is 0 Å². The highest BCUT2D eigenvalue weighted by molar-refractivity contribution is 7.20. The van der Waals surface area contributed by atoms with Gasteiger partial charge in [-0.05, 0) is 18.1 Å². The van der Waals surface area contributed by atoms with Crippen LogP contribution in [-0.2, 0) is 0 Å². The van der Waals surface area contributed by atoms with E-state index >= 15 is 0 Å². The Bertz CT molecular complexity index is 91.9. The van der Waals surface area contributed by atoms with Crippen molar-refractivity contribution in [2.24, 2.45) is 0 Å². The van der Waals surface area contributed by atoms with Gasteiger partial charge in [-0.1, -0.05) is 32.6 Å². The molecule has 60 valence electrons. The van der Waals surface area contributed by atoms with Crippen LogP contribution < -0.4 is 0 Å². The zero-order valence-corrected chi connectivity index (χ0v) is 8.58. The van der Waals surface area contributed by atoms with Gasteiger partial charge in [0.15, 0.2) is 7.38 Å². The van der Waals surface area contributed by atoms with Crippen LogP contribution in [0.25, 0.3) is 0 Å². The molecule has 0 spiro atoms. The van der Waals surface area contributed by atoms with Gasteiger partial charge in [0.25, 0.3) is 0 Å². The lowest BCUT2D eigenvalue weighted by Crippen LogP contribution is -2.28. The quantitative estimate of drug-likeness (QED) is 0.444. The van der Waals surface area contributed by atoms with E-state index in [-0.39, 0.29) is 0 Å². The van der Waals surface area contributed by atoms with Crippen LogP contribution in [-0.4, -0.2) is 7.38 Å². The Morgan fingerprint density at radius 3 is 2.30 bits per heavy atom. The molecule has 0 unspecified atom stereocenters. The van der Waals surface area contributed by atoms with Crippen LogP contribution in [0.4, 0.5) is 0 Å². The maximum atomic E-state index is 6.51. The Morgan fingerprint density at radius 2 is 1.80 bits per heavy atom. The Morgan fingerprint density at radius 1 is 1.20 bits per heavy atom. The van der Waals surface area contributed by atoms with E-state index in [1.807, 2.05) is 0 Å². The predicted molar refractivity (Wildman–Crippen MR) is 50.2 cm³/mol. The molecule has 0 nitrogen and oxygen atoms in total. The molecule has 0 radical (unpaired) electrons. The summed E-state index contributed by atoms with van der Waals surface area (Å²) in [6, 6.07) is 4.14. The summed E-state index contributed by atoms with van der Waals surface area (Å²) in [6.07, 6.45) is 5.56. The van der Waals surface area contributed by atoms with Crippen molar-refractivity contribution in [2.45, 2.75) is 50.7 Å². The van der Waals surface area contributed by atoms with E-state index in [1.54, 1.807) is 0 Å². The van der Waals surface area contributed by atoms with Crippen LogP contribution in [0.5, 0.6) is 0 Å². The van der Waals surface area contributed by atoms with E-state index < -0.39 is 7.38 Å². The summed E-state index contributed by atoms with van der Waals surface area (Å²) < 4.78 is 0. The zero-order valence-electron chi connectivity index (χ0n) is 6.83. The molecule has 1 heterocycles. The molecular weight excluding hydrogens is 160 g/mol. The van der Waals surface area contributed by atoms with Crippen LogP contribution >= 0.6 is 11.1 Å². The monoisotopic (exact) mass is 176 g/mol. The van der Waals surface area contributed by atoms with Crippen LogP contribution in [0.1, 0.15) is 32.6 Å². The molecule has 0 aromatic carbocycles. The van der Waals surface area contributed by atoms with Gasteiger partial charge in [-0.15, -0.1) is 0 Å². The molecule has 0 amide bonds. The molecule has 0 aromatic rings. The van der Waals surface area contributed by atoms with Gasteiger partial charge in [0.05, 0.1) is 0 Å². The zero-order chi connectivity index (χ0) is 7.45. The van der Waals surface area contributed by atoms with E-state index in [1.165, 1.54) is 43.8 Å². The minimum Gasteiger partial charge on any atom is -0.167 e. The maximum absolute atomic E-state index is 6.51. The minimum atomic E-state index is -1.16. The van der Waals surface area contributed by atoms with E-state index in [4.69, 9.17) is 11.1 Å². The molecule has 0 atom stereocenters. The van der Waals surface area contributed by atoms with Gasteiger partial charge < -0.3 is 0 Å². The van der Waals surface area contributed by atoms with Crippen molar-refractivity contribution in [3.8, 4) is 0 Å². The molecule has 1 aliphatic heterocycles. The SMILES string of the molecule is CCC[Si]1(Cl)CCCCC1. The van der Waals surface area contributed by atoms with Gasteiger partial charge in [0, 0.05) is 0 Å². The maximum Gasteiger partial charge on any atom is 0.156 e. The highest BCUT2D eigenvalue weighted by Crippen LogP contribution is 2.35. The summed E-state index contributed by atoms with van der Waals surface area (Å²) in [6.45, 7) is 2.26. The highest BCUT2D eigenvalue weighted by Gasteiger charge is 2.30. The first kappa shape index (κ1) is 8.60. The standard InChI is InChI=1S/C8H17ClSi/c1-2-6-10(9)7-4-3-5-8-10/h2-8H2,1H3. The van der Waals surface area contributed by atoms with Gasteiger partial charge in [-0.25, -0.2) is 0 Å². The van der Waals surface area contributed by atoms with E-state index in [0.717, 1.165) is 0 Å². The first-order chi connectivity index (χ1) is 4.77. The smallest absolute Gasteiger partial charge is 0.156 e. The molecule has 0 aliphatic carbocycles. The van der Waals surface area contributed by atoms with Crippen molar-refractivity contribution >= 4 is 18.5 Å². The Kier molecular flexibility index (Phi) is 3.24. The van der Waals surface area contributed by atoms with Crippen LogP contribution in [0.3, 0.4) is 0 Å². The topological polar surface area (TPSA) is 0 Å². The summed E-state index contributed by atoms with van der Waals surface area (Å²) in [4.78, 5) is 0. The second-order valence-electron chi connectivity index (χ2n) is 3.46. The molecule has 0 saturated carbocycles. The fraction of sp³-hybridized carbons (Fsp3) is 1.00. The van der Waals surface area contributed by atoms with Gasteiger partial charge in [-0.3, -0.25) is 0 Å². The second kappa shape index (κ2) is 3.77. The Balaban J connectivity index is 2.32. The molecule has 1 aliphatic rings. The summed E-state index contributed by atoms with van der Waals surface area (Å²) in [5.74, 6) is 0. The second-order valence-corrected chi connectivity index (χ2v) is 9.67. The molecule has 0 aromatic heterocycles. The number of halogens is 1. The summed E-state index contributed by atoms with van der Waals surface area (Å²) in [5, 5.41) is 0. The fourth-order valence-corrected chi connectivity index (χ4v) is 6.67. The minimum absolute atomic E-state index is 1.16. The van der Waals surface area contributed by atoms with E-state index in [2.05, 4.69) is 6.92 Å². The van der Waals surface area contributed by atoms with Crippen molar-refractivity contribution in [2.75, 3.05) is 0 Å². The molecule has 1 saturated heterocycles. The number of hydrogen-bond donors (Lipinski definition) is 0. The fourth-order valence-electron chi connectivity index (χ4n) is 1.88. The van der Waals surface area contributed by atoms with Crippen molar-refractivity contribution in [1.82, 2.24) is 0 Å². The molecule has 10 heavy (non-hydrogen) atoms. The largest absolute Gasteiger partial charge is 0.167 e. The van der Waals surface area contributed by atoms with Crippen LogP contribution in [0, 0.1) is 0 Å². The lowest BCUT2D eigenvalue weighted by Gasteiger charge is -2.27. The normalized spacial score (nSPS) is 24.6. The van der Waals surface area contributed by atoms with Crippen molar-refractivity contribution in [1.29, 1.82) is 0 Å². The van der Waals surface area contributed by atoms with Crippen LogP contribution in [0.2, 0.25) is 18.1 Å². The summed E-state index contributed by atoms with van der Waals surface area (Å²) >= 11 is 6.51. The third-order valence-electron chi connectivity index (χ3n) is 2.45. The van der Waals surface area contributed by atoms with Gasteiger partial charge in [-0.2, -0.15) is 11.1 Å². The van der Waals surface area contributed by atoms with E-state index in [0.29, 0.717) is 0 Å². The molecule has 0 bridgehead atoms. The molecular formula is C8H17ClSi. The Hall–Kier alpha value is 0.507. The Labute approximate surface area is 69.7 Å². The molecule has 1 rings (SSSR count). The number of hydrogen-bond acceptors (Lipinski definition) is 0. The average Bonchev–Trinajstić information content (AvgIpc) is 1.89. The van der Waals surface area contributed by atoms with Gasteiger partial charge in [0.2, 0.25) is 0 Å².